The number of aromatic hydroxyl groups is 1. The molecule has 59 heavy (non-hydrogen) atoms. The van der Waals surface area contributed by atoms with Gasteiger partial charge in [0.15, 0.2) is 35.0 Å². The molecule has 1 aliphatic rings. The summed E-state index contributed by atoms with van der Waals surface area (Å²) in [5, 5.41) is 15.5. The van der Waals surface area contributed by atoms with Crippen LogP contribution < -0.4 is 25.5 Å². The lowest BCUT2D eigenvalue weighted by molar-refractivity contribution is -0.175. The molecule has 1 fully saturated rings. The lowest BCUT2D eigenvalue weighted by atomic mass is 9.92. The molecule has 5 atom stereocenters. The number of phenolic OH excluding ortho intramolecular Hbond substituents is 1. The Morgan fingerprint density at radius 1 is 0.881 bits per heavy atom. The van der Waals surface area contributed by atoms with E-state index in [4.69, 9.17) is 28.1 Å². The Morgan fingerprint density at radius 2 is 1.58 bits per heavy atom. The van der Waals surface area contributed by atoms with Crippen LogP contribution in [0.25, 0.3) is 22.3 Å². The first-order valence-corrected chi connectivity index (χ1v) is 19.4. The molecule has 3 aromatic carbocycles. The van der Waals surface area contributed by atoms with Crippen LogP contribution in [0.3, 0.4) is 0 Å². The van der Waals surface area contributed by atoms with Gasteiger partial charge in [-0.3, -0.25) is 24.0 Å². The highest BCUT2D eigenvalue weighted by Gasteiger charge is 2.44. The zero-order valence-electron chi connectivity index (χ0n) is 34.3. The number of anilines is 1. The number of para-hydroxylation sites is 2. The van der Waals surface area contributed by atoms with E-state index in [9.17, 15) is 33.9 Å². The van der Waals surface area contributed by atoms with E-state index in [1.54, 1.807) is 25.3 Å². The van der Waals surface area contributed by atoms with Crippen LogP contribution in [0.4, 0.5) is 5.69 Å². The zero-order chi connectivity index (χ0) is 43.2. The summed E-state index contributed by atoms with van der Waals surface area (Å²) in [5.74, 6) is -3.16. The molecule has 1 aromatic heterocycles. The molecule has 2 heterocycles. The van der Waals surface area contributed by atoms with Gasteiger partial charge in [0.1, 0.15) is 12.2 Å². The van der Waals surface area contributed by atoms with Crippen LogP contribution in [0.2, 0.25) is 0 Å². The van der Waals surface area contributed by atoms with Gasteiger partial charge in [-0.15, -0.1) is 0 Å². The summed E-state index contributed by atoms with van der Waals surface area (Å²) in [6.45, 7) is 8.70. The summed E-state index contributed by atoms with van der Waals surface area (Å²) < 4.78 is 33.3. The third-order valence-corrected chi connectivity index (χ3v) is 9.53. The van der Waals surface area contributed by atoms with E-state index >= 15 is 0 Å². The van der Waals surface area contributed by atoms with Gasteiger partial charge in [0.05, 0.1) is 36.8 Å². The zero-order valence-corrected chi connectivity index (χ0v) is 34.3. The molecule has 3 N–H and O–H groups in total. The fourth-order valence-electron chi connectivity index (χ4n) is 6.52. The topological polar surface area (TPSA) is 206 Å². The SMILES string of the molecule is CCCCCC1C(=O)OC(C)C(NC(=O)c2cccc(NC=O)c2O)C(=O)OC(C)C1OC(=O)CC(C)C.COc1c(-c2ccccc2)oc2c(OC)cccc2c1=O. The summed E-state index contributed by atoms with van der Waals surface area (Å²) in [6.07, 6.45) is 0.0639. The molecular weight excluding hydrogens is 764 g/mol. The number of hydrogen-bond acceptors (Lipinski definition) is 13. The van der Waals surface area contributed by atoms with E-state index in [1.807, 2.05) is 51.1 Å². The lowest BCUT2D eigenvalue weighted by Gasteiger charge is -2.29. The highest BCUT2D eigenvalue weighted by Crippen LogP contribution is 2.34. The van der Waals surface area contributed by atoms with Crippen molar-refractivity contribution in [2.75, 3.05) is 19.5 Å². The van der Waals surface area contributed by atoms with Crippen LogP contribution in [0.5, 0.6) is 17.2 Å². The average molecular weight is 817 g/mol. The second-order valence-electron chi connectivity index (χ2n) is 14.4. The van der Waals surface area contributed by atoms with Crippen molar-refractivity contribution < 1.29 is 57.2 Å². The van der Waals surface area contributed by atoms with Crippen molar-refractivity contribution in [1.29, 1.82) is 0 Å². The number of unbranched alkanes of at least 4 members (excludes halogenated alkanes) is 2. The monoisotopic (exact) mass is 816 g/mol. The molecule has 0 bridgehead atoms. The molecule has 15 nitrogen and oxygen atoms in total. The van der Waals surface area contributed by atoms with Gasteiger partial charge in [-0.05, 0) is 50.5 Å². The number of esters is 3. The van der Waals surface area contributed by atoms with E-state index < -0.39 is 59.8 Å². The quantitative estimate of drug-likeness (QED) is 0.0406. The van der Waals surface area contributed by atoms with Crippen LogP contribution in [0.1, 0.15) is 77.1 Å². The Bertz CT molecular complexity index is 2150. The number of methoxy groups -OCH3 is 2. The predicted octanol–water partition coefficient (Wildman–Crippen LogP) is 6.57. The summed E-state index contributed by atoms with van der Waals surface area (Å²) in [6, 6.07) is 17.3. The number of carbonyl (C=O) groups excluding carboxylic acids is 5. The van der Waals surface area contributed by atoms with Gasteiger partial charge in [-0.1, -0.05) is 82.5 Å². The third kappa shape index (κ3) is 11.4. The van der Waals surface area contributed by atoms with Gasteiger partial charge < -0.3 is 43.8 Å². The van der Waals surface area contributed by atoms with Crippen molar-refractivity contribution >= 4 is 46.9 Å². The first-order valence-electron chi connectivity index (χ1n) is 19.4. The fraction of sp³-hybridized carbons (Fsp3) is 0.409. The van der Waals surface area contributed by atoms with Gasteiger partial charge in [0.25, 0.3) is 5.91 Å². The smallest absolute Gasteiger partial charge is 0.332 e. The second-order valence-corrected chi connectivity index (χ2v) is 14.4. The minimum atomic E-state index is -1.42. The number of rotatable bonds is 14. The van der Waals surface area contributed by atoms with E-state index in [0.717, 1.165) is 18.4 Å². The maximum atomic E-state index is 13.3. The van der Waals surface area contributed by atoms with Gasteiger partial charge in [0, 0.05) is 12.0 Å². The van der Waals surface area contributed by atoms with Gasteiger partial charge in [-0.25, -0.2) is 4.79 Å². The van der Waals surface area contributed by atoms with Crippen molar-refractivity contribution in [3.8, 4) is 28.6 Å². The van der Waals surface area contributed by atoms with E-state index in [0.29, 0.717) is 41.7 Å². The second kappa shape index (κ2) is 21.4. The first-order chi connectivity index (χ1) is 28.3. The molecule has 316 valence electrons. The Hall–Kier alpha value is -6.38. The number of ether oxygens (including phenoxy) is 5. The standard InChI is InChI=1S/C27H38N2O9.C17H14O4/c1-6-7-8-10-19-24(38-21(31)13-15(2)3)17(5)37-27(35)22(16(4)36-26(19)34)29-25(33)18-11-9-12-20(23(18)32)28-14-30;1-19-13-10-6-9-12-14(18)17(20-2)15(21-16(12)13)11-7-4-3-5-8-11/h9,11-12,14-17,19,22,24,32H,6-8,10,13H2,1-5H3,(H,28,30)(H,29,33);3-10H,1-2H3. The van der Waals surface area contributed by atoms with Crippen LogP contribution >= 0.6 is 0 Å². The molecule has 0 saturated carbocycles. The maximum Gasteiger partial charge on any atom is 0.332 e. The van der Waals surface area contributed by atoms with Gasteiger partial charge in [-0.2, -0.15) is 0 Å². The molecule has 4 aromatic rings. The Balaban J connectivity index is 0.000000305. The fourth-order valence-corrected chi connectivity index (χ4v) is 6.52. The van der Waals surface area contributed by atoms with Crippen LogP contribution in [-0.4, -0.2) is 73.9 Å². The maximum absolute atomic E-state index is 13.3. The molecule has 2 amide bonds. The van der Waals surface area contributed by atoms with E-state index in [2.05, 4.69) is 10.6 Å². The largest absolute Gasteiger partial charge is 0.505 e. The summed E-state index contributed by atoms with van der Waals surface area (Å²) in [7, 11) is 3.01. The first kappa shape index (κ1) is 45.3. The number of fused-ring (bicyclic) bond motifs is 1. The molecule has 0 spiro atoms. The molecule has 1 aliphatic heterocycles. The van der Waals surface area contributed by atoms with Crippen molar-refractivity contribution in [3.63, 3.8) is 0 Å². The Labute approximate surface area is 342 Å². The molecule has 5 unspecified atom stereocenters. The third-order valence-electron chi connectivity index (χ3n) is 9.53. The van der Waals surface area contributed by atoms with Crippen LogP contribution in [0, 0.1) is 11.8 Å². The van der Waals surface area contributed by atoms with Crippen molar-refractivity contribution in [3.05, 3.63) is 82.5 Å². The lowest BCUT2D eigenvalue weighted by Crippen LogP contribution is -2.50. The van der Waals surface area contributed by atoms with Gasteiger partial charge >= 0.3 is 17.9 Å². The van der Waals surface area contributed by atoms with E-state index in [1.165, 1.54) is 39.2 Å². The van der Waals surface area contributed by atoms with Gasteiger partial charge in [0.2, 0.25) is 17.6 Å². The number of nitrogens with one attached hydrogen (secondary N) is 2. The van der Waals surface area contributed by atoms with Crippen molar-refractivity contribution in [1.82, 2.24) is 5.32 Å². The number of amides is 2. The Kier molecular flexibility index (Phi) is 16.4. The number of hydrogen-bond donors (Lipinski definition) is 3. The molecule has 1 saturated heterocycles. The molecule has 0 radical (unpaired) electrons. The summed E-state index contributed by atoms with van der Waals surface area (Å²) >= 11 is 0. The number of cyclic esters (lactones) is 2. The summed E-state index contributed by atoms with van der Waals surface area (Å²) in [4.78, 5) is 75.3. The number of benzene rings is 3. The van der Waals surface area contributed by atoms with Crippen LogP contribution in [-0.2, 0) is 33.4 Å². The average Bonchev–Trinajstić information content (AvgIpc) is 3.23. The highest BCUT2D eigenvalue weighted by molar-refractivity contribution is 6.01. The molecule has 0 aliphatic carbocycles. The van der Waals surface area contributed by atoms with E-state index in [-0.39, 0.29) is 34.8 Å². The molecule has 15 heteroatoms. The predicted molar refractivity (Wildman–Crippen MR) is 218 cm³/mol. The minimum absolute atomic E-state index is 0.00114. The summed E-state index contributed by atoms with van der Waals surface area (Å²) in [5.41, 5.74) is 0.771. The molecular formula is C44H52N2O13. The number of phenols is 1. The minimum Gasteiger partial charge on any atom is -0.505 e. The highest BCUT2D eigenvalue weighted by atomic mass is 16.6. The Morgan fingerprint density at radius 3 is 2.22 bits per heavy atom. The van der Waals surface area contributed by atoms with Crippen LogP contribution in [0.15, 0.2) is 75.9 Å². The molecule has 5 rings (SSSR count). The van der Waals surface area contributed by atoms with Crippen molar-refractivity contribution in [2.24, 2.45) is 11.8 Å². The normalized spacial score (nSPS) is 19.1. The number of carbonyl (C=O) groups is 5. The van der Waals surface area contributed by atoms with Crippen molar-refractivity contribution in [2.45, 2.75) is 91.1 Å².